The van der Waals surface area contributed by atoms with Crippen LogP contribution in [0.1, 0.15) is 0 Å². The van der Waals surface area contributed by atoms with Crippen molar-refractivity contribution < 1.29 is 49.6 Å². The second-order valence-corrected chi connectivity index (χ2v) is 5.78. The molecule has 9 atom stereocenters. The summed E-state index contributed by atoms with van der Waals surface area (Å²) in [6.07, 6.45) is -9.97. The zero-order valence-corrected chi connectivity index (χ0v) is 12.9. The highest BCUT2D eigenvalue weighted by Crippen LogP contribution is 2.34. The van der Waals surface area contributed by atoms with Gasteiger partial charge in [-0.25, -0.2) is 0 Å². The number of aldehydes is 1. The fourth-order valence-electron chi connectivity index (χ4n) is 2.92. The van der Waals surface area contributed by atoms with Crippen molar-refractivity contribution in [3.8, 4) is 0 Å². The van der Waals surface area contributed by atoms with E-state index < -0.39 is 68.0 Å². The first kappa shape index (κ1) is 19.6. The molecule has 0 spiro atoms. The molecule has 11 heteroatoms. The summed E-state index contributed by atoms with van der Waals surface area (Å²) in [5.74, 6) is 0. The van der Waals surface area contributed by atoms with Crippen molar-refractivity contribution >= 4 is 6.29 Å². The molecule has 0 aromatic heterocycles. The summed E-state index contributed by atoms with van der Waals surface area (Å²) in [6, 6.07) is -0.987. The van der Waals surface area contributed by atoms with E-state index in [0.717, 1.165) is 0 Å². The minimum absolute atomic E-state index is 0.0841. The Kier molecular flexibility index (Phi) is 6.25. The van der Waals surface area contributed by atoms with E-state index in [1.807, 2.05) is 0 Å². The van der Waals surface area contributed by atoms with Crippen LogP contribution >= 0.6 is 0 Å². The van der Waals surface area contributed by atoms with Gasteiger partial charge in [0.25, 0.3) is 0 Å². The number of aliphatic hydroxyl groups excluding tert-OH is 5. The standard InChI is InChI=1S/C13H23NO10/c1-14-7-9(19)8(18)5(2-15)22-12(7)24-10-11(20)23-6(3-16)13(10,21)4-17/h4-12,14-16,18-21H,2-3H2,1H3/t5-,6-,7-,8-,9-,10-,11+,12-,13+/m0/s1. The van der Waals surface area contributed by atoms with Crippen LogP contribution in [0.2, 0.25) is 0 Å². The number of likely N-dealkylation sites (N-methyl/N-ethyl adjacent to an activating group) is 1. The number of nitrogens with one attached hydrogen (secondary N) is 1. The molecular weight excluding hydrogens is 330 g/mol. The van der Waals surface area contributed by atoms with Crippen LogP contribution in [-0.4, -0.2) is 112 Å². The average molecular weight is 353 g/mol. The Morgan fingerprint density at radius 2 is 1.83 bits per heavy atom. The van der Waals surface area contributed by atoms with Gasteiger partial charge in [0, 0.05) is 0 Å². The van der Waals surface area contributed by atoms with E-state index in [4.69, 9.17) is 19.3 Å². The molecule has 2 aliphatic rings. The molecule has 0 aliphatic carbocycles. The summed E-state index contributed by atoms with van der Waals surface area (Å²) in [4.78, 5) is 11.3. The van der Waals surface area contributed by atoms with Crippen LogP contribution in [0.5, 0.6) is 0 Å². The van der Waals surface area contributed by atoms with Crippen LogP contribution in [-0.2, 0) is 19.0 Å². The minimum Gasteiger partial charge on any atom is -0.394 e. The highest BCUT2D eigenvalue weighted by molar-refractivity contribution is 5.65. The molecule has 7 N–H and O–H groups in total. The predicted octanol–water partition coefficient (Wildman–Crippen LogP) is -4.96. The number of carbonyl (C=O) groups is 1. The van der Waals surface area contributed by atoms with Crippen molar-refractivity contribution in [1.82, 2.24) is 5.32 Å². The van der Waals surface area contributed by atoms with Gasteiger partial charge in [0.05, 0.1) is 19.3 Å². The quantitative estimate of drug-likeness (QED) is 0.227. The first-order valence-electron chi connectivity index (χ1n) is 7.42. The summed E-state index contributed by atoms with van der Waals surface area (Å²) in [5, 5.41) is 61.2. The second kappa shape index (κ2) is 7.66. The molecule has 2 aliphatic heterocycles. The van der Waals surface area contributed by atoms with E-state index >= 15 is 0 Å². The number of ether oxygens (including phenoxy) is 3. The topological polar surface area (TPSA) is 178 Å². The summed E-state index contributed by atoms with van der Waals surface area (Å²) >= 11 is 0. The highest BCUT2D eigenvalue weighted by atomic mass is 16.7. The molecule has 0 aromatic carbocycles. The van der Waals surface area contributed by atoms with Gasteiger partial charge in [-0.05, 0) is 7.05 Å². The summed E-state index contributed by atoms with van der Waals surface area (Å²) in [5.41, 5.74) is -2.34. The van der Waals surface area contributed by atoms with Gasteiger partial charge in [-0.2, -0.15) is 0 Å². The fourth-order valence-corrected chi connectivity index (χ4v) is 2.92. The van der Waals surface area contributed by atoms with E-state index in [1.54, 1.807) is 0 Å². The maximum absolute atomic E-state index is 11.3. The Balaban J connectivity index is 2.22. The first-order chi connectivity index (χ1) is 11.3. The number of hydrogen-bond donors (Lipinski definition) is 7. The van der Waals surface area contributed by atoms with Gasteiger partial charge in [0.15, 0.2) is 24.5 Å². The third-order valence-electron chi connectivity index (χ3n) is 4.38. The predicted molar refractivity (Wildman–Crippen MR) is 74.5 cm³/mol. The number of aliphatic hydroxyl groups is 6. The lowest BCUT2D eigenvalue weighted by atomic mass is 9.93. The Morgan fingerprint density at radius 3 is 2.33 bits per heavy atom. The first-order valence-corrected chi connectivity index (χ1v) is 7.42. The normalized spacial score (nSPS) is 49.3. The van der Waals surface area contributed by atoms with Gasteiger partial charge in [-0.15, -0.1) is 0 Å². The number of carbonyl (C=O) groups excluding carboxylic acids is 1. The van der Waals surface area contributed by atoms with Crippen LogP contribution in [0.25, 0.3) is 0 Å². The molecule has 2 heterocycles. The van der Waals surface area contributed by atoms with E-state index in [0.29, 0.717) is 0 Å². The summed E-state index contributed by atoms with van der Waals surface area (Å²) in [6.45, 7) is -1.36. The number of rotatable bonds is 6. The van der Waals surface area contributed by atoms with Crippen molar-refractivity contribution in [3.63, 3.8) is 0 Å². The van der Waals surface area contributed by atoms with Gasteiger partial charge in [-0.1, -0.05) is 0 Å². The van der Waals surface area contributed by atoms with E-state index in [1.165, 1.54) is 7.05 Å². The van der Waals surface area contributed by atoms with Gasteiger partial charge < -0.3 is 50.2 Å². The molecule has 0 aromatic rings. The molecule has 0 amide bonds. The van der Waals surface area contributed by atoms with Crippen LogP contribution in [0.15, 0.2) is 0 Å². The van der Waals surface area contributed by atoms with Crippen molar-refractivity contribution in [2.75, 3.05) is 20.3 Å². The van der Waals surface area contributed by atoms with Crippen LogP contribution < -0.4 is 5.32 Å². The Hall–Kier alpha value is -0.730. The molecule has 140 valence electrons. The average Bonchev–Trinajstić information content (AvgIpc) is 2.82. The zero-order chi connectivity index (χ0) is 18.1. The minimum atomic E-state index is -2.34. The second-order valence-electron chi connectivity index (χ2n) is 5.78. The molecule has 0 radical (unpaired) electrons. The Bertz CT molecular complexity index is 439. The van der Waals surface area contributed by atoms with E-state index in [-0.39, 0.29) is 6.29 Å². The van der Waals surface area contributed by atoms with Gasteiger partial charge in [0.2, 0.25) is 0 Å². The van der Waals surface area contributed by atoms with Gasteiger partial charge in [0.1, 0.15) is 30.5 Å². The molecule has 2 rings (SSSR count). The molecule has 0 unspecified atom stereocenters. The molecule has 24 heavy (non-hydrogen) atoms. The fraction of sp³-hybridized carbons (Fsp3) is 0.923. The maximum Gasteiger partial charge on any atom is 0.185 e. The van der Waals surface area contributed by atoms with Crippen molar-refractivity contribution in [3.05, 3.63) is 0 Å². The lowest BCUT2D eigenvalue weighted by Crippen LogP contribution is -2.65. The molecule has 0 bridgehead atoms. The van der Waals surface area contributed by atoms with Crippen molar-refractivity contribution in [2.24, 2.45) is 0 Å². The van der Waals surface area contributed by atoms with Crippen molar-refractivity contribution in [2.45, 2.75) is 54.7 Å². The van der Waals surface area contributed by atoms with Crippen LogP contribution in [0.4, 0.5) is 0 Å². The SMILES string of the molecule is CN[C@@H]1[C@H](O[C@H]2[C@H](O)O[C@@H](CO)[C@]2(O)C=O)O[C@@H](CO)[C@H](O)[C@H]1O. The molecule has 11 nitrogen and oxygen atoms in total. The lowest BCUT2D eigenvalue weighted by molar-refractivity contribution is -0.302. The van der Waals surface area contributed by atoms with Crippen molar-refractivity contribution in [1.29, 1.82) is 0 Å². The molecular formula is C13H23NO10. The maximum atomic E-state index is 11.3. The zero-order valence-electron chi connectivity index (χ0n) is 12.9. The summed E-state index contributed by atoms with van der Waals surface area (Å²) < 4.78 is 15.7. The summed E-state index contributed by atoms with van der Waals surface area (Å²) in [7, 11) is 1.45. The monoisotopic (exact) mass is 353 g/mol. The van der Waals surface area contributed by atoms with Crippen LogP contribution in [0.3, 0.4) is 0 Å². The van der Waals surface area contributed by atoms with E-state index in [2.05, 4.69) is 5.32 Å². The van der Waals surface area contributed by atoms with Gasteiger partial charge >= 0.3 is 0 Å². The highest BCUT2D eigenvalue weighted by Gasteiger charge is 2.58. The largest absolute Gasteiger partial charge is 0.394 e. The van der Waals surface area contributed by atoms with Crippen LogP contribution in [0, 0.1) is 0 Å². The number of hydrogen-bond acceptors (Lipinski definition) is 11. The molecule has 2 fully saturated rings. The molecule has 2 saturated heterocycles. The Labute approximate surface area is 137 Å². The third kappa shape index (κ3) is 3.20. The lowest BCUT2D eigenvalue weighted by Gasteiger charge is -2.43. The molecule has 0 saturated carbocycles. The van der Waals surface area contributed by atoms with E-state index in [9.17, 15) is 30.3 Å². The smallest absolute Gasteiger partial charge is 0.185 e. The third-order valence-corrected chi connectivity index (χ3v) is 4.38. The Morgan fingerprint density at radius 1 is 1.17 bits per heavy atom. The van der Waals surface area contributed by atoms with Gasteiger partial charge in [-0.3, -0.25) is 4.79 Å².